The van der Waals surface area contributed by atoms with Crippen molar-refractivity contribution in [2.75, 3.05) is 0 Å². The van der Waals surface area contributed by atoms with E-state index < -0.39 is 0 Å². The van der Waals surface area contributed by atoms with Crippen molar-refractivity contribution in [2.45, 2.75) is 19.3 Å². The Kier molecular flexibility index (Phi) is 5.76. The summed E-state index contributed by atoms with van der Waals surface area (Å²) in [5.41, 5.74) is 9.98. The summed E-state index contributed by atoms with van der Waals surface area (Å²) in [5.74, 6) is 0.301. The fourth-order valence-corrected chi connectivity index (χ4v) is 6.97. The number of nitrogens with zero attached hydrogens (tertiary/aromatic N) is 1. The topological polar surface area (TPSA) is 12.4 Å². The summed E-state index contributed by atoms with van der Waals surface area (Å²) in [7, 11) is 0. The predicted octanol–water partition coefficient (Wildman–Crippen LogP) is 10.1. The molecule has 0 radical (unpaired) electrons. The van der Waals surface area contributed by atoms with E-state index >= 15 is 0 Å². The fraction of sp³-hybridized carbons (Fsp3) is 0.0833. The molecule has 0 aliphatic heterocycles. The molecule has 6 aromatic rings. The molecule has 0 spiro atoms. The molecule has 0 amide bonds. The van der Waals surface area contributed by atoms with Gasteiger partial charge in [-0.3, -0.25) is 4.99 Å². The number of fused-ring (bicyclic) bond motifs is 7. The molecule has 1 heterocycles. The average molecular weight is 506 g/mol. The lowest BCUT2D eigenvalue weighted by Gasteiger charge is -2.13. The van der Waals surface area contributed by atoms with Gasteiger partial charge in [0, 0.05) is 31.8 Å². The van der Waals surface area contributed by atoms with E-state index in [1.165, 1.54) is 42.4 Å². The van der Waals surface area contributed by atoms with Crippen LogP contribution in [-0.2, 0) is 0 Å². The van der Waals surface area contributed by atoms with Crippen LogP contribution in [0.2, 0.25) is 0 Å². The van der Waals surface area contributed by atoms with Crippen molar-refractivity contribution in [3.05, 3.63) is 150 Å². The highest BCUT2D eigenvalue weighted by Gasteiger charge is 2.30. The van der Waals surface area contributed by atoms with Crippen LogP contribution in [0.5, 0.6) is 0 Å². The Hall–Kier alpha value is -4.27. The number of rotatable bonds is 5. The van der Waals surface area contributed by atoms with Crippen molar-refractivity contribution < 1.29 is 0 Å². The molecule has 0 saturated heterocycles. The van der Waals surface area contributed by atoms with Crippen molar-refractivity contribution >= 4 is 42.9 Å². The first-order valence-electron chi connectivity index (χ1n) is 13.2. The van der Waals surface area contributed by atoms with Crippen LogP contribution in [-0.4, -0.2) is 5.71 Å². The third-order valence-electron chi connectivity index (χ3n) is 7.65. The molecular weight excluding hydrogens is 478 g/mol. The van der Waals surface area contributed by atoms with Crippen LogP contribution in [0.25, 0.3) is 37.0 Å². The highest BCUT2D eigenvalue weighted by molar-refractivity contribution is 7.25. The van der Waals surface area contributed by atoms with Gasteiger partial charge in [0.15, 0.2) is 0 Å². The molecule has 1 aliphatic rings. The molecule has 0 N–H and O–H groups in total. The zero-order valence-corrected chi connectivity index (χ0v) is 22.1. The Bertz CT molecular complexity index is 1840. The number of hydrogen-bond acceptors (Lipinski definition) is 2. The molecule has 1 aliphatic carbocycles. The standard InChI is InChI=1S/C36H27NS/c1-24(25-12-4-2-5-13-25)37-32(26-14-6-3-7-15-26)22-20-28-27-16-8-9-17-29(27)35-30(28)21-23-34-36(35)31-18-10-11-19-33(31)38-34/h2-19,21-23,28H,20H2,1H3. The summed E-state index contributed by atoms with van der Waals surface area (Å²) in [5, 5.41) is 2.77. The van der Waals surface area contributed by atoms with Gasteiger partial charge < -0.3 is 0 Å². The van der Waals surface area contributed by atoms with Crippen LogP contribution in [0.15, 0.2) is 132 Å². The second-order valence-electron chi connectivity index (χ2n) is 9.90. The number of allylic oxidation sites excluding steroid dienone is 1. The maximum atomic E-state index is 5.15. The second-order valence-corrected chi connectivity index (χ2v) is 11.0. The minimum atomic E-state index is 0.301. The Morgan fingerprint density at radius 3 is 2.18 bits per heavy atom. The zero-order valence-electron chi connectivity index (χ0n) is 21.3. The highest BCUT2D eigenvalue weighted by atomic mass is 32.1. The first kappa shape index (κ1) is 22.9. The van der Waals surface area contributed by atoms with Crippen molar-refractivity contribution in [3.63, 3.8) is 0 Å². The lowest BCUT2D eigenvalue weighted by atomic mass is 9.92. The maximum absolute atomic E-state index is 5.15. The first-order valence-corrected chi connectivity index (χ1v) is 14.0. The average Bonchev–Trinajstić information content (AvgIpc) is 3.51. The van der Waals surface area contributed by atoms with Crippen molar-refractivity contribution in [2.24, 2.45) is 4.99 Å². The molecule has 38 heavy (non-hydrogen) atoms. The molecule has 7 rings (SSSR count). The van der Waals surface area contributed by atoms with Crippen LogP contribution < -0.4 is 0 Å². The van der Waals surface area contributed by atoms with Crippen molar-refractivity contribution in [1.82, 2.24) is 0 Å². The molecule has 5 aromatic carbocycles. The molecule has 0 bridgehead atoms. The Labute approximate surface area is 227 Å². The van der Waals surface area contributed by atoms with E-state index in [2.05, 4.69) is 128 Å². The molecule has 1 atom stereocenters. The van der Waals surface area contributed by atoms with Crippen LogP contribution in [0, 0.1) is 0 Å². The number of thiophene rings is 1. The summed E-state index contributed by atoms with van der Waals surface area (Å²) in [6, 6.07) is 43.5. The van der Waals surface area contributed by atoms with Crippen LogP contribution in [0.4, 0.5) is 0 Å². The van der Waals surface area contributed by atoms with E-state index in [9.17, 15) is 0 Å². The third-order valence-corrected chi connectivity index (χ3v) is 8.79. The van der Waals surface area contributed by atoms with Gasteiger partial charge in [-0.1, -0.05) is 115 Å². The summed E-state index contributed by atoms with van der Waals surface area (Å²) < 4.78 is 2.72. The summed E-state index contributed by atoms with van der Waals surface area (Å²) in [4.78, 5) is 5.15. The monoisotopic (exact) mass is 505 g/mol. The Morgan fingerprint density at radius 2 is 1.37 bits per heavy atom. The van der Waals surface area contributed by atoms with E-state index in [0.29, 0.717) is 5.92 Å². The molecule has 0 saturated carbocycles. The largest absolute Gasteiger partial charge is 0.253 e. The Balaban J connectivity index is 1.37. The molecule has 1 nitrogen and oxygen atoms in total. The van der Waals surface area contributed by atoms with Gasteiger partial charge >= 0.3 is 0 Å². The van der Waals surface area contributed by atoms with Gasteiger partial charge in [-0.05, 0) is 58.9 Å². The lowest BCUT2D eigenvalue weighted by Crippen LogP contribution is -1.98. The third kappa shape index (κ3) is 3.89. The van der Waals surface area contributed by atoms with Gasteiger partial charge in [-0.15, -0.1) is 11.3 Å². The number of benzene rings is 5. The van der Waals surface area contributed by atoms with Crippen LogP contribution >= 0.6 is 11.3 Å². The highest BCUT2D eigenvalue weighted by Crippen LogP contribution is 2.52. The molecule has 2 heteroatoms. The number of hydrogen-bond donors (Lipinski definition) is 0. The van der Waals surface area contributed by atoms with Crippen LogP contribution in [0.3, 0.4) is 0 Å². The molecule has 1 aromatic heterocycles. The van der Waals surface area contributed by atoms with Gasteiger partial charge in [0.25, 0.3) is 0 Å². The predicted molar refractivity (Wildman–Crippen MR) is 164 cm³/mol. The molecule has 0 fully saturated rings. The Morgan fingerprint density at radius 1 is 0.684 bits per heavy atom. The van der Waals surface area contributed by atoms with Crippen LogP contribution in [0.1, 0.15) is 41.5 Å². The van der Waals surface area contributed by atoms with Gasteiger partial charge in [0.2, 0.25) is 0 Å². The van der Waals surface area contributed by atoms with E-state index in [4.69, 9.17) is 4.99 Å². The number of aliphatic imine (C=N–C) groups is 1. The quantitative estimate of drug-likeness (QED) is 0.207. The maximum Gasteiger partial charge on any atom is 0.0665 e. The SMILES string of the molecule is CC(=NC(=CCC1c2ccccc2-c2c1ccc1sc3ccccc3c21)c1ccccc1)c1ccccc1. The van der Waals surface area contributed by atoms with Crippen molar-refractivity contribution in [1.29, 1.82) is 0 Å². The smallest absolute Gasteiger partial charge is 0.0665 e. The summed E-state index contributed by atoms with van der Waals surface area (Å²) in [6.45, 7) is 2.10. The van der Waals surface area contributed by atoms with Crippen molar-refractivity contribution in [3.8, 4) is 11.1 Å². The summed E-state index contributed by atoms with van der Waals surface area (Å²) >= 11 is 1.89. The minimum Gasteiger partial charge on any atom is -0.253 e. The van der Waals surface area contributed by atoms with Gasteiger partial charge in [0.1, 0.15) is 0 Å². The van der Waals surface area contributed by atoms with E-state index in [0.717, 1.165) is 29.0 Å². The fourth-order valence-electron chi connectivity index (χ4n) is 5.85. The van der Waals surface area contributed by atoms with E-state index in [1.54, 1.807) is 0 Å². The second kappa shape index (κ2) is 9.55. The van der Waals surface area contributed by atoms with Gasteiger partial charge in [-0.2, -0.15) is 0 Å². The minimum absolute atomic E-state index is 0.301. The summed E-state index contributed by atoms with van der Waals surface area (Å²) in [6.07, 6.45) is 3.24. The normalized spacial score (nSPS) is 15.1. The van der Waals surface area contributed by atoms with E-state index in [1.807, 2.05) is 17.4 Å². The van der Waals surface area contributed by atoms with Gasteiger partial charge in [0.05, 0.1) is 5.70 Å². The van der Waals surface area contributed by atoms with Gasteiger partial charge in [-0.25, -0.2) is 0 Å². The lowest BCUT2D eigenvalue weighted by molar-refractivity contribution is 0.855. The zero-order chi connectivity index (χ0) is 25.5. The molecule has 1 unspecified atom stereocenters. The molecular formula is C36H27NS. The molecule has 182 valence electrons. The van der Waals surface area contributed by atoms with E-state index in [-0.39, 0.29) is 0 Å². The first-order chi connectivity index (χ1) is 18.8.